The Hall–Kier alpha value is -2.54. The van der Waals surface area contributed by atoms with Gasteiger partial charge in [0.15, 0.2) is 0 Å². The van der Waals surface area contributed by atoms with E-state index in [0.717, 1.165) is 21.7 Å². The molecule has 1 aromatic carbocycles. The highest BCUT2D eigenvalue weighted by molar-refractivity contribution is 7.16. The predicted molar refractivity (Wildman–Crippen MR) is 105 cm³/mol. The fourth-order valence-electron chi connectivity index (χ4n) is 2.47. The lowest BCUT2D eigenvalue weighted by molar-refractivity contribution is -0.114. The van der Waals surface area contributed by atoms with Crippen molar-refractivity contribution in [1.82, 2.24) is 0 Å². The van der Waals surface area contributed by atoms with Crippen LogP contribution in [0.1, 0.15) is 33.3 Å². The monoisotopic (exact) mass is 376 g/mol. The van der Waals surface area contributed by atoms with Crippen LogP contribution in [-0.2, 0) is 9.53 Å². The molecule has 0 unspecified atom stereocenters. The Morgan fingerprint density at radius 2 is 1.92 bits per heavy atom. The van der Waals surface area contributed by atoms with Gasteiger partial charge >= 0.3 is 5.97 Å². The van der Waals surface area contributed by atoms with E-state index in [9.17, 15) is 9.59 Å². The summed E-state index contributed by atoms with van der Waals surface area (Å²) in [5.74, 6) is -0.00301. The number of ether oxygens (including phenoxy) is 2. The lowest BCUT2D eigenvalue weighted by atomic mass is 10.1. The highest BCUT2D eigenvalue weighted by Gasteiger charge is 2.22. The lowest BCUT2D eigenvalue weighted by Crippen LogP contribution is -2.22. The molecule has 0 aliphatic heterocycles. The van der Waals surface area contributed by atoms with Crippen LogP contribution in [-0.4, -0.2) is 32.1 Å². The van der Waals surface area contributed by atoms with E-state index in [1.54, 1.807) is 14.0 Å². The molecule has 1 heterocycles. The molecule has 7 heteroatoms. The van der Waals surface area contributed by atoms with E-state index in [0.29, 0.717) is 16.3 Å². The van der Waals surface area contributed by atoms with Crippen LogP contribution < -0.4 is 15.4 Å². The van der Waals surface area contributed by atoms with Gasteiger partial charge in [0.1, 0.15) is 10.8 Å². The number of carbonyl (C=O) groups excluding carboxylic acids is 2. The molecule has 0 radical (unpaired) electrons. The van der Waals surface area contributed by atoms with Gasteiger partial charge in [-0.3, -0.25) is 4.79 Å². The maximum atomic E-state index is 12.4. The van der Waals surface area contributed by atoms with E-state index < -0.39 is 5.97 Å². The van der Waals surface area contributed by atoms with Crippen molar-refractivity contribution in [3.8, 4) is 5.75 Å². The van der Waals surface area contributed by atoms with Gasteiger partial charge in [-0.1, -0.05) is 6.07 Å². The average Bonchev–Trinajstić information content (AvgIpc) is 2.87. The van der Waals surface area contributed by atoms with Gasteiger partial charge in [-0.2, -0.15) is 0 Å². The molecular weight excluding hydrogens is 352 g/mol. The third-order valence-electron chi connectivity index (χ3n) is 3.91. The Kier molecular flexibility index (Phi) is 6.63. The summed E-state index contributed by atoms with van der Waals surface area (Å²) in [7, 11) is 1.58. The summed E-state index contributed by atoms with van der Waals surface area (Å²) < 4.78 is 10.4. The number of methoxy groups -OCH3 is 1. The zero-order valence-corrected chi connectivity index (χ0v) is 16.5. The summed E-state index contributed by atoms with van der Waals surface area (Å²) in [5, 5.41) is 6.40. The van der Waals surface area contributed by atoms with Crippen molar-refractivity contribution < 1.29 is 19.1 Å². The van der Waals surface area contributed by atoms with Gasteiger partial charge < -0.3 is 20.1 Å². The van der Waals surface area contributed by atoms with Gasteiger partial charge in [0, 0.05) is 4.88 Å². The van der Waals surface area contributed by atoms with Crippen molar-refractivity contribution in [2.24, 2.45) is 0 Å². The van der Waals surface area contributed by atoms with Gasteiger partial charge in [0.05, 0.1) is 31.5 Å². The number of rotatable bonds is 7. The molecule has 1 aromatic heterocycles. The van der Waals surface area contributed by atoms with E-state index >= 15 is 0 Å². The van der Waals surface area contributed by atoms with Gasteiger partial charge in [0.2, 0.25) is 5.91 Å². The van der Waals surface area contributed by atoms with Crippen molar-refractivity contribution in [3.05, 3.63) is 39.8 Å². The van der Waals surface area contributed by atoms with Crippen LogP contribution in [0.15, 0.2) is 18.2 Å². The molecule has 2 N–H and O–H groups in total. The fourth-order valence-corrected chi connectivity index (χ4v) is 3.54. The summed E-state index contributed by atoms with van der Waals surface area (Å²) in [6, 6.07) is 5.70. The first kappa shape index (κ1) is 19.8. The van der Waals surface area contributed by atoms with Crippen LogP contribution in [0.5, 0.6) is 5.75 Å². The molecule has 6 nitrogen and oxygen atoms in total. The molecule has 0 fully saturated rings. The van der Waals surface area contributed by atoms with Crippen LogP contribution in [0.3, 0.4) is 0 Å². The van der Waals surface area contributed by atoms with Crippen LogP contribution in [0.2, 0.25) is 0 Å². The van der Waals surface area contributed by atoms with Crippen LogP contribution in [0.25, 0.3) is 0 Å². The molecule has 140 valence electrons. The molecule has 26 heavy (non-hydrogen) atoms. The number of hydrogen-bond donors (Lipinski definition) is 2. The van der Waals surface area contributed by atoms with E-state index in [-0.39, 0.29) is 19.1 Å². The molecule has 2 aromatic rings. The Labute approximate surface area is 157 Å². The molecule has 0 bridgehead atoms. The number of esters is 1. The number of anilines is 2. The minimum absolute atomic E-state index is 0.0536. The van der Waals surface area contributed by atoms with Gasteiger partial charge in [-0.25, -0.2) is 4.79 Å². The smallest absolute Gasteiger partial charge is 0.341 e. The topological polar surface area (TPSA) is 76.7 Å². The summed E-state index contributed by atoms with van der Waals surface area (Å²) >= 11 is 1.37. The number of amides is 1. The van der Waals surface area contributed by atoms with Gasteiger partial charge in [-0.15, -0.1) is 11.3 Å². The summed E-state index contributed by atoms with van der Waals surface area (Å²) in [6.07, 6.45) is 0. The predicted octanol–water partition coefficient (Wildman–Crippen LogP) is 3.91. The first-order valence-electron chi connectivity index (χ1n) is 8.32. The highest BCUT2D eigenvalue weighted by Crippen LogP contribution is 2.33. The summed E-state index contributed by atoms with van der Waals surface area (Å²) in [5.41, 5.74) is 3.06. The van der Waals surface area contributed by atoms with Crippen molar-refractivity contribution in [1.29, 1.82) is 0 Å². The molecule has 0 spiro atoms. The molecule has 1 amide bonds. The highest BCUT2D eigenvalue weighted by atomic mass is 32.1. The Balaban J connectivity index is 2.10. The fraction of sp³-hybridized carbons (Fsp3) is 0.368. The number of benzene rings is 1. The molecule has 0 atom stereocenters. The third-order valence-corrected chi connectivity index (χ3v) is 5.03. The molecule has 0 aliphatic carbocycles. The zero-order chi connectivity index (χ0) is 19.3. The van der Waals surface area contributed by atoms with Crippen LogP contribution in [0.4, 0.5) is 10.7 Å². The van der Waals surface area contributed by atoms with Crippen molar-refractivity contribution in [2.45, 2.75) is 27.7 Å². The molecule has 0 aliphatic rings. The average molecular weight is 376 g/mol. The Bertz CT molecular complexity index is 814. The SMILES string of the molecule is CCOC(=O)c1c(NC(=O)CNc2cc(C)ccc2OC)sc(C)c1C. The van der Waals surface area contributed by atoms with Gasteiger partial charge in [-0.05, 0) is 51.0 Å². The van der Waals surface area contributed by atoms with Gasteiger partial charge in [0.25, 0.3) is 0 Å². The second-order valence-corrected chi connectivity index (χ2v) is 7.04. The maximum absolute atomic E-state index is 12.4. The number of nitrogens with one attached hydrogen (secondary N) is 2. The normalized spacial score (nSPS) is 10.3. The van der Waals surface area contributed by atoms with E-state index in [1.165, 1.54) is 11.3 Å². The van der Waals surface area contributed by atoms with Crippen molar-refractivity contribution >= 4 is 33.9 Å². The van der Waals surface area contributed by atoms with E-state index in [2.05, 4.69) is 10.6 Å². The van der Waals surface area contributed by atoms with Crippen LogP contribution in [0, 0.1) is 20.8 Å². The minimum Gasteiger partial charge on any atom is -0.495 e. The van der Waals surface area contributed by atoms with Crippen molar-refractivity contribution in [2.75, 3.05) is 30.9 Å². The lowest BCUT2D eigenvalue weighted by Gasteiger charge is -2.12. The molecule has 0 saturated heterocycles. The first-order valence-corrected chi connectivity index (χ1v) is 9.14. The Morgan fingerprint density at radius 1 is 1.19 bits per heavy atom. The number of thiophene rings is 1. The van der Waals surface area contributed by atoms with E-state index in [4.69, 9.17) is 9.47 Å². The standard InChI is InChI=1S/C19H24N2O4S/c1-6-25-19(23)17-12(3)13(4)26-18(17)21-16(22)10-20-14-9-11(2)7-8-15(14)24-5/h7-9,20H,6,10H2,1-5H3,(H,21,22). The largest absolute Gasteiger partial charge is 0.495 e. The minimum atomic E-state index is -0.419. The number of carbonyl (C=O) groups is 2. The van der Waals surface area contributed by atoms with Crippen molar-refractivity contribution in [3.63, 3.8) is 0 Å². The Morgan fingerprint density at radius 3 is 2.58 bits per heavy atom. The quantitative estimate of drug-likeness (QED) is 0.717. The third kappa shape index (κ3) is 4.54. The molecular formula is C19H24N2O4S. The summed E-state index contributed by atoms with van der Waals surface area (Å²) in [6.45, 7) is 7.82. The van der Waals surface area contributed by atoms with E-state index in [1.807, 2.05) is 39.0 Å². The zero-order valence-electron chi connectivity index (χ0n) is 15.7. The number of aryl methyl sites for hydroxylation is 2. The molecule has 0 saturated carbocycles. The number of hydrogen-bond acceptors (Lipinski definition) is 6. The second kappa shape index (κ2) is 8.71. The van der Waals surface area contributed by atoms with Crippen LogP contribution >= 0.6 is 11.3 Å². The second-order valence-electron chi connectivity index (χ2n) is 5.81. The molecule has 2 rings (SSSR count). The summed E-state index contributed by atoms with van der Waals surface area (Å²) in [4.78, 5) is 25.5. The maximum Gasteiger partial charge on any atom is 0.341 e. The first-order chi connectivity index (χ1) is 12.4.